The van der Waals surface area contributed by atoms with Gasteiger partial charge in [-0.1, -0.05) is 28.1 Å². The third-order valence-corrected chi connectivity index (χ3v) is 2.66. The maximum Gasteiger partial charge on any atom is 0.134 e. The van der Waals surface area contributed by atoms with Crippen molar-refractivity contribution < 1.29 is 4.74 Å². The van der Waals surface area contributed by atoms with Crippen molar-refractivity contribution in [2.45, 2.75) is 0 Å². The van der Waals surface area contributed by atoms with Gasteiger partial charge < -0.3 is 4.74 Å². The van der Waals surface area contributed by atoms with Crippen molar-refractivity contribution in [2.24, 2.45) is 0 Å². The van der Waals surface area contributed by atoms with E-state index in [0.717, 1.165) is 11.3 Å². The van der Waals surface area contributed by atoms with Crippen molar-refractivity contribution in [2.75, 3.05) is 12.4 Å². The summed E-state index contributed by atoms with van der Waals surface area (Å²) >= 11 is 3.28. The number of allylic oxidation sites excluding steroid dienone is 2. The fourth-order valence-corrected chi connectivity index (χ4v) is 1.84. The van der Waals surface area contributed by atoms with E-state index in [0.29, 0.717) is 10.9 Å². The molecule has 0 aliphatic heterocycles. The highest BCUT2D eigenvalue weighted by Gasteiger charge is 2.07. The van der Waals surface area contributed by atoms with Crippen LogP contribution in [0.2, 0.25) is 0 Å². The highest BCUT2D eigenvalue weighted by Crippen LogP contribution is 2.23. The first-order chi connectivity index (χ1) is 7.76. The second kappa shape index (κ2) is 5.95. The van der Waals surface area contributed by atoms with Crippen molar-refractivity contribution in [3.05, 3.63) is 35.4 Å². The number of nitriles is 2. The van der Waals surface area contributed by atoms with Crippen LogP contribution in [0, 0.1) is 22.7 Å². The second-order valence-electron chi connectivity index (χ2n) is 2.94. The van der Waals surface area contributed by atoms with Gasteiger partial charge in [0, 0.05) is 5.33 Å². The molecule has 0 saturated carbocycles. The minimum absolute atomic E-state index is 0.127. The molecular weight excluding hydrogens is 268 g/mol. The van der Waals surface area contributed by atoms with Crippen LogP contribution in [0.25, 0.3) is 5.57 Å². The summed E-state index contributed by atoms with van der Waals surface area (Å²) in [4.78, 5) is 0. The highest BCUT2D eigenvalue weighted by molar-refractivity contribution is 9.09. The van der Waals surface area contributed by atoms with Gasteiger partial charge in [0.05, 0.1) is 7.11 Å². The van der Waals surface area contributed by atoms with Crippen LogP contribution in [0.3, 0.4) is 0 Å². The van der Waals surface area contributed by atoms with E-state index in [1.165, 1.54) is 0 Å². The molecule has 0 bridgehead atoms. The Morgan fingerprint density at radius 2 is 1.81 bits per heavy atom. The number of benzene rings is 1. The number of nitrogens with zero attached hydrogens (tertiary/aromatic N) is 2. The lowest BCUT2D eigenvalue weighted by molar-refractivity contribution is 0.415. The third-order valence-electron chi connectivity index (χ3n) is 2.10. The smallest absolute Gasteiger partial charge is 0.134 e. The third kappa shape index (κ3) is 2.62. The van der Waals surface area contributed by atoms with Crippen LogP contribution in [-0.4, -0.2) is 12.4 Å². The van der Waals surface area contributed by atoms with Gasteiger partial charge in [0.1, 0.15) is 23.5 Å². The van der Waals surface area contributed by atoms with E-state index in [1.807, 2.05) is 24.3 Å². The van der Waals surface area contributed by atoms with E-state index in [-0.39, 0.29) is 5.57 Å². The Bertz CT molecular complexity index is 461. The van der Waals surface area contributed by atoms with Gasteiger partial charge in [0.2, 0.25) is 0 Å². The molecule has 0 heterocycles. The average Bonchev–Trinajstić information content (AvgIpc) is 2.36. The van der Waals surface area contributed by atoms with Gasteiger partial charge in [0.25, 0.3) is 0 Å². The molecule has 0 aliphatic rings. The number of ether oxygens (including phenoxy) is 1. The van der Waals surface area contributed by atoms with E-state index in [4.69, 9.17) is 15.3 Å². The maximum atomic E-state index is 8.81. The summed E-state index contributed by atoms with van der Waals surface area (Å²) in [6, 6.07) is 11.0. The standard InChI is InChI=1S/C12H9BrN2O/c1-16-11-4-2-9(3-5-11)12(6-13)10(7-14)8-15/h2-5H,6H2,1H3. The van der Waals surface area contributed by atoms with Crippen LogP contribution in [0.1, 0.15) is 5.56 Å². The van der Waals surface area contributed by atoms with E-state index >= 15 is 0 Å². The van der Waals surface area contributed by atoms with Gasteiger partial charge in [-0.25, -0.2) is 0 Å². The van der Waals surface area contributed by atoms with E-state index in [9.17, 15) is 0 Å². The van der Waals surface area contributed by atoms with Gasteiger partial charge in [0.15, 0.2) is 0 Å². The van der Waals surface area contributed by atoms with Crippen LogP contribution in [-0.2, 0) is 0 Å². The molecule has 3 nitrogen and oxygen atoms in total. The van der Waals surface area contributed by atoms with E-state index in [2.05, 4.69) is 15.9 Å². The lowest BCUT2D eigenvalue weighted by Gasteiger charge is -2.05. The lowest BCUT2D eigenvalue weighted by Crippen LogP contribution is -1.91. The molecule has 0 aliphatic carbocycles. The number of methoxy groups -OCH3 is 1. The van der Waals surface area contributed by atoms with E-state index in [1.54, 1.807) is 19.2 Å². The van der Waals surface area contributed by atoms with Gasteiger partial charge in [-0.15, -0.1) is 0 Å². The van der Waals surface area contributed by atoms with Crippen molar-refractivity contribution in [3.8, 4) is 17.9 Å². The predicted octanol–water partition coefficient (Wildman–Crippen LogP) is 2.89. The lowest BCUT2D eigenvalue weighted by atomic mass is 10.0. The Morgan fingerprint density at radius 1 is 1.25 bits per heavy atom. The molecule has 4 heteroatoms. The molecule has 0 spiro atoms. The Hall–Kier alpha value is -1.78. The number of rotatable bonds is 3. The summed E-state index contributed by atoms with van der Waals surface area (Å²) < 4.78 is 5.04. The highest BCUT2D eigenvalue weighted by atomic mass is 79.9. The molecule has 0 amide bonds. The molecule has 0 atom stereocenters. The second-order valence-corrected chi connectivity index (χ2v) is 3.50. The summed E-state index contributed by atoms with van der Waals surface area (Å²) in [6.07, 6.45) is 0. The van der Waals surface area contributed by atoms with Gasteiger partial charge in [-0.2, -0.15) is 10.5 Å². The monoisotopic (exact) mass is 276 g/mol. The largest absolute Gasteiger partial charge is 0.497 e. The van der Waals surface area contributed by atoms with Gasteiger partial charge in [-0.05, 0) is 23.3 Å². The summed E-state index contributed by atoms with van der Waals surface area (Å²) in [6.45, 7) is 0. The van der Waals surface area contributed by atoms with Crippen LogP contribution in [0.4, 0.5) is 0 Å². The molecular formula is C12H9BrN2O. The van der Waals surface area contributed by atoms with Crippen molar-refractivity contribution in [1.82, 2.24) is 0 Å². The zero-order valence-electron chi connectivity index (χ0n) is 8.70. The summed E-state index contributed by atoms with van der Waals surface area (Å²) in [5.41, 5.74) is 1.66. The molecule has 1 aromatic carbocycles. The first-order valence-electron chi connectivity index (χ1n) is 4.50. The van der Waals surface area contributed by atoms with Gasteiger partial charge in [-0.3, -0.25) is 0 Å². The average molecular weight is 277 g/mol. The minimum Gasteiger partial charge on any atom is -0.497 e. The fraction of sp³-hybridized carbons (Fsp3) is 0.167. The minimum atomic E-state index is 0.127. The molecule has 0 saturated heterocycles. The quantitative estimate of drug-likeness (QED) is 0.630. The number of hydrogen-bond donors (Lipinski definition) is 0. The zero-order valence-corrected chi connectivity index (χ0v) is 10.3. The first-order valence-corrected chi connectivity index (χ1v) is 5.62. The molecule has 0 N–H and O–H groups in total. The molecule has 16 heavy (non-hydrogen) atoms. The Kier molecular flexibility index (Phi) is 4.57. The summed E-state index contributed by atoms with van der Waals surface area (Å²) in [7, 11) is 1.59. The molecule has 0 aromatic heterocycles. The summed E-state index contributed by atoms with van der Waals surface area (Å²) in [5.74, 6) is 0.744. The van der Waals surface area contributed by atoms with Gasteiger partial charge >= 0.3 is 0 Å². The molecule has 0 fully saturated rings. The predicted molar refractivity (Wildman–Crippen MR) is 64.9 cm³/mol. The van der Waals surface area contributed by atoms with Crippen LogP contribution in [0.15, 0.2) is 29.8 Å². The number of alkyl halides is 1. The Balaban J connectivity index is 3.21. The Labute approximate surface area is 103 Å². The molecule has 80 valence electrons. The molecule has 1 aromatic rings. The molecule has 0 unspecified atom stereocenters. The number of halogens is 1. The number of hydrogen-bond acceptors (Lipinski definition) is 3. The van der Waals surface area contributed by atoms with Crippen molar-refractivity contribution in [1.29, 1.82) is 10.5 Å². The zero-order chi connectivity index (χ0) is 12.0. The van der Waals surface area contributed by atoms with E-state index < -0.39 is 0 Å². The first kappa shape index (κ1) is 12.3. The van der Waals surface area contributed by atoms with Crippen LogP contribution >= 0.6 is 15.9 Å². The van der Waals surface area contributed by atoms with Crippen molar-refractivity contribution >= 4 is 21.5 Å². The topological polar surface area (TPSA) is 56.8 Å². The normalized spacial score (nSPS) is 8.75. The summed E-state index contributed by atoms with van der Waals surface area (Å²) in [5, 5.41) is 18.1. The van der Waals surface area contributed by atoms with Crippen LogP contribution in [0.5, 0.6) is 5.75 Å². The maximum absolute atomic E-state index is 8.81. The van der Waals surface area contributed by atoms with Crippen LogP contribution < -0.4 is 4.74 Å². The van der Waals surface area contributed by atoms with Crippen molar-refractivity contribution in [3.63, 3.8) is 0 Å². The molecule has 1 rings (SSSR count). The molecule has 0 radical (unpaired) electrons. The Morgan fingerprint density at radius 3 is 2.19 bits per heavy atom. The SMILES string of the molecule is COc1ccc(C(CBr)=C(C#N)C#N)cc1. The fourth-order valence-electron chi connectivity index (χ4n) is 1.24.